The van der Waals surface area contributed by atoms with Crippen LogP contribution in [0.25, 0.3) is 0 Å². The number of halogens is 5. The molecule has 0 saturated carbocycles. The molecule has 1 aliphatic rings. The lowest BCUT2D eigenvalue weighted by Crippen LogP contribution is -2.45. The van der Waals surface area contributed by atoms with Gasteiger partial charge in [0.25, 0.3) is 0 Å². The number of likely N-dealkylation sites (tertiary alicyclic amines) is 1. The molecule has 0 spiro atoms. The van der Waals surface area contributed by atoms with Gasteiger partial charge in [-0.25, -0.2) is 9.18 Å². The zero-order valence-electron chi connectivity index (χ0n) is 16.7. The van der Waals surface area contributed by atoms with Gasteiger partial charge in [-0.15, -0.1) is 0 Å². The molecule has 1 saturated heterocycles. The summed E-state index contributed by atoms with van der Waals surface area (Å²) in [5.74, 6) is 0. The van der Waals surface area contributed by atoms with E-state index in [4.69, 9.17) is 11.6 Å². The molecule has 2 amide bonds. The first-order valence-electron chi connectivity index (χ1n) is 9.79. The number of rotatable bonds is 4. The second-order valence-corrected chi connectivity index (χ2v) is 7.89. The topological polar surface area (TPSA) is 65.5 Å². The molecule has 2 heterocycles. The van der Waals surface area contributed by atoms with E-state index in [1.807, 2.05) is 0 Å². The van der Waals surface area contributed by atoms with Gasteiger partial charge in [-0.1, -0.05) is 18.5 Å². The zero-order chi connectivity index (χ0) is 22.8. The minimum atomic E-state index is -4.46. The fourth-order valence-electron chi connectivity index (χ4n) is 3.45. The Morgan fingerprint density at radius 3 is 2.42 bits per heavy atom. The summed E-state index contributed by atoms with van der Waals surface area (Å²) in [4.78, 5) is 17.9. The summed E-state index contributed by atoms with van der Waals surface area (Å²) >= 11 is 6.22. The summed E-state index contributed by atoms with van der Waals surface area (Å²) in [6, 6.07) is 5.07. The zero-order valence-corrected chi connectivity index (χ0v) is 17.5. The number of hydrogen-bond donors (Lipinski definition) is 2. The maximum Gasteiger partial charge on any atom is 0.416 e. The fraction of sp³-hybridized carbons (Fsp3) is 0.429. The molecule has 0 unspecified atom stereocenters. The number of amides is 2. The Balaban J connectivity index is 1.62. The van der Waals surface area contributed by atoms with Gasteiger partial charge in [0, 0.05) is 43.4 Å². The molecule has 1 aromatic heterocycles. The first kappa shape index (κ1) is 23.3. The average molecular weight is 460 g/mol. The van der Waals surface area contributed by atoms with E-state index in [0.29, 0.717) is 12.0 Å². The Bertz CT molecular complexity index is 929. The molecule has 2 N–H and O–H groups in total. The molecule has 5 nitrogen and oxygen atoms in total. The Morgan fingerprint density at radius 2 is 1.90 bits per heavy atom. The molecule has 1 aromatic carbocycles. The second kappa shape index (κ2) is 9.00. The molecule has 0 bridgehead atoms. The first-order chi connectivity index (χ1) is 14.5. The number of nitrogens with zero attached hydrogens (tertiary/aromatic N) is 2. The fourth-order valence-corrected chi connectivity index (χ4v) is 3.79. The summed E-state index contributed by atoms with van der Waals surface area (Å²) in [5, 5.41) is 12.5. The molecule has 3 rings (SSSR count). The van der Waals surface area contributed by atoms with Crippen LogP contribution in [0.4, 0.5) is 28.0 Å². The van der Waals surface area contributed by atoms with Gasteiger partial charge in [-0.2, -0.15) is 13.2 Å². The minimum Gasteiger partial charge on any atom is -0.388 e. The van der Waals surface area contributed by atoms with Crippen LogP contribution in [0.5, 0.6) is 0 Å². The van der Waals surface area contributed by atoms with Crippen molar-refractivity contribution in [1.82, 2.24) is 9.88 Å². The molecule has 10 heteroatoms. The maximum absolute atomic E-state index is 15.5. The van der Waals surface area contributed by atoms with E-state index in [1.165, 1.54) is 29.3 Å². The number of hydrogen-bond acceptors (Lipinski definition) is 3. The molecule has 168 valence electrons. The SMILES string of the molecule is CC[C@H](O)c1cnc(C2(F)CCN(C(=O)Nc3ccc(C(F)(F)F)cc3)CC2)c(Cl)c1. The number of aliphatic hydroxyl groups is 1. The maximum atomic E-state index is 15.5. The molecule has 0 aliphatic carbocycles. The van der Waals surface area contributed by atoms with Crippen LogP contribution in [-0.2, 0) is 11.8 Å². The van der Waals surface area contributed by atoms with Crippen molar-refractivity contribution in [2.45, 2.75) is 44.1 Å². The van der Waals surface area contributed by atoms with Crippen molar-refractivity contribution in [3.8, 4) is 0 Å². The van der Waals surface area contributed by atoms with Crippen molar-refractivity contribution in [3.63, 3.8) is 0 Å². The van der Waals surface area contributed by atoms with Crippen LogP contribution in [0.3, 0.4) is 0 Å². The van der Waals surface area contributed by atoms with E-state index in [0.717, 1.165) is 12.1 Å². The Hall–Kier alpha value is -2.39. The smallest absolute Gasteiger partial charge is 0.388 e. The Kier molecular flexibility index (Phi) is 6.76. The summed E-state index contributed by atoms with van der Waals surface area (Å²) in [6.45, 7) is 1.97. The molecule has 2 aromatic rings. The molecular weight excluding hydrogens is 438 g/mol. The number of urea groups is 1. The Labute approximate surface area is 182 Å². The number of carbonyl (C=O) groups excluding carboxylic acids is 1. The van der Waals surface area contributed by atoms with E-state index in [1.54, 1.807) is 6.92 Å². The van der Waals surface area contributed by atoms with Crippen LogP contribution < -0.4 is 5.32 Å². The van der Waals surface area contributed by atoms with Gasteiger partial charge in [-0.3, -0.25) is 4.98 Å². The highest BCUT2D eigenvalue weighted by Crippen LogP contribution is 2.40. The van der Waals surface area contributed by atoms with E-state index in [2.05, 4.69) is 10.3 Å². The highest BCUT2D eigenvalue weighted by Gasteiger charge is 2.40. The number of anilines is 1. The lowest BCUT2D eigenvalue weighted by Gasteiger charge is -2.36. The van der Waals surface area contributed by atoms with Crippen LogP contribution in [0.2, 0.25) is 5.02 Å². The summed E-state index contributed by atoms with van der Waals surface area (Å²) in [6.07, 6.45) is -3.37. The van der Waals surface area contributed by atoms with Crippen LogP contribution in [0.1, 0.15) is 49.1 Å². The van der Waals surface area contributed by atoms with Crippen LogP contribution >= 0.6 is 11.6 Å². The van der Waals surface area contributed by atoms with E-state index < -0.39 is 29.5 Å². The van der Waals surface area contributed by atoms with Crippen LogP contribution in [0, 0.1) is 0 Å². The summed E-state index contributed by atoms with van der Waals surface area (Å²) in [7, 11) is 0. The number of benzene rings is 1. The van der Waals surface area contributed by atoms with Crippen LogP contribution in [0.15, 0.2) is 36.5 Å². The Morgan fingerprint density at radius 1 is 1.29 bits per heavy atom. The van der Waals surface area contributed by atoms with E-state index in [9.17, 15) is 23.1 Å². The monoisotopic (exact) mass is 459 g/mol. The van der Waals surface area contributed by atoms with E-state index in [-0.39, 0.29) is 42.3 Å². The summed E-state index contributed by atoms with van der Waals surface area (Å²) < 4.78 is 53.4. The average Bonchev–Trinajstić information content (AvgIpc) is 2.73. The number of piperidine rings is 1. The summed E-state index contributed by atoms with van der Waals surface area (Å²) in [5.41, 5.74) is -1.84. The van der Waals surface area contributed by atoms with Crippen LogP contribution in [-0.4, -0.2) is 34.1 Å². The minimum absolute atomic E-state index is 0.0319. The van der Waals surface area contributed by atoms with Gasteiger partial charge in [0.2, 0.25) is 0 Å². The van der Waals surface area contributed by atoms with Crippen molar-refractivity contribution in [1.29, 1.82) is 0 Å². The normalized spacial score (nSPS) is 17.3. The first-order valence-corrected chi connectivity index (χ1v) is 10.2. The molecule has 1 aliphatic heterocycles. The van der Waals surface area contributed by atoms with Gasteiger partial charge in [-0.05, 0) is 36.8 Å². The third-order valence-corrected chi connectivity index (χ3v) is 5.65. The quantitative estimate of drug-likeness (QED) is 0.577. The van der Waals surface area contributed by atoms with Crippen molar-refractivity contribution in [3.05, 3.63) is 58.4 Å². The highest BCUT2D eigenvalue weighted by molar-refractivity contribution is 6.31. The van der Waals surface area contributed by atoms with Crippen molar-refractivity contribution < 1.29 is 27.5 Å². The molecular formula is C21H22ClF4N3O2. The standard InChI is InChI=1S/C21H22ClF4N3O2/c1-2-17(30)13-11-16(22)18(27-12-13)20(23)7-9-29(10-8-20)19(31)28-15-5-3-14(4-6-15)21(24,25)26/h3-6,11-12,17,30H,2,7-10H2,1H3,(H,28,31)/t17-/m0/s1. The molecule has 1 atom stereocenters. The lowest BCUT2D eigenvalue weighted by molar-refractivity contribution is -0.137. The van der Waals surface area contributed by atoms with Gasteiger partial charge < -0.3 is 15.3 Å². The third-order valence-electron chi connectivity index (χ3n) is 5.36. The van der Waals surface area contributed by atoms with Gasteiger partial charge in [0.1, 0.15) is 0 Å². The predicted molar refractivity (Wildman–Crippen MR) is 109 cm³/mol. The number of pyridine rings is 1. The van der Waals surface area contributed by atoms with Crippen molar-refractivity contribution in [2.24, 2.45) is 0 Å². The highest BCUT2D eigenvalue weighted by atomic mass is 35.5. The number of carbonyl (C=O) groups is 1. The molecule has 0 radical (unpaired) electrons. The van der Waals surface area contributed by atoms with Crippen molar-refractivity contribution in [2.75, 3.05) is 18.4 Å². The number of aliphatic hydroxyl groups excluding tert-OH is 1. The van der Waals surface area contributed by atoms with Gasteiger partial charge in [0.05, 0.1) is 22.4 Å². The predicted octanol–water partition coefficient (Wildman–Crippen LogP) is 5.69. The van der Waals surface area contributed by atoms with Gasteiger partial charge >= 0.3 is 12.2 Å². The molecule has 1 fully saturated rings. The number of nitrogens with one attached hydrogen (secondary N) is 1. The number of aromatic nitrogens is 1. The molecule has 31 heavy (non-hydrogen) atoms. The number of alkyl halides is 4. The lowest BCUT2D eigenvalue weighted by atomic mass is 9.89. The third kappa shape index (κ3) is 5.27. The largest absolute Gasteiger partial charge is 0.416 e. The van der Waals surface area contributed by atoms with Gasteiger partial charge in [0.15, 0.2) is 5.67 Å². The van der Waals surface area contributed by atoms with Crippen molar-refractivity contribution >= 4 is 23.3 Å². The van der Waals surface area contributed by atoms with E-state index >= 15 is 4.39 Å². The second-order valence-electron chi connectivity index (χ2n) is 7.48.